The molecule has 0 unspecified atom stereocenters. The number of anilines is 1. The van der Waals surface area contributed by atoms with Gasteiger partial charge in [-0.15, -0.1) is 24.0 Å². The number of carbonyl (C=O) groups is 1. The summed E-state index contributed by atoms with van der Waals surface area (Å²) in [5.41, 5.74) is 0.412. The molecular formula is C19H30FIN4O2. The standard InChI is InChI=1S/C19H29FN4O2.HI/c1-19(2,3)26-17(25)13-22-18(21-4)23-15-8-10-24(11-9-15)16-7-5-6-14(20)12-16;/h5-7,12,15H,8-11,13H2,1-4H3,(H2,21,22,23);1H. The minimum atomic E-state index is -0.501. The summed E-state index contributed by atoms with van der Waals surface area (Å²) in [6.07, 6.45) is 1.81. The van der Waals surface area contributed by atoms with Crippen molar-refractivity contribution in [3.05, 3.63) is 30.1 Å². The van der Waals surface area contributed by atoms with E-state index in [1.165, 1.54) is 6.07 Å². The number of esters is 1. The van der Waals surface area contributed by atoms with E-state index in [0.29, 0.717) is 5.96 Å². The van der Waals surface area contributed by atoms with E-state index in [4.69, 9.17) is 4.74 Å². The lowest BCUT2D eigenvalue weighted by molar-refractivity contribution is -0.153. The summed E-state index contributed by atoms with van der Waals surface area (Å²) < 4.78 is 18.6. The summed E-state index contributed by atoms with van der Waals surface area (Å²) >= 11 is 0. The lowest BCUT2D eigenvalue weighted by atomic mass is 10.0. The molecule has 0 radical (unpaired) electrons. The number of carbonyl (C=O) groups excluding carboxylic acids is 1. The summed E-state index contributed by atoms with van der Waals surface area (Å²) in [5.74, 6) is 0.0518. The first-order valence-corrected chi connectivity index (χ1v) is 8.96. The van der Waals surface area contributed by atoms with E-state index >= 15 is 0 Å². The second-order valence-corrected chi connectivity index (χ2v) is 7.40. The Bertz CT molecular complexity index is 641. The molecule has 1 heterocycles. The van der Waals surface area contributed by atoms with Crippen LogP contribution in [-0.4, -0.2) is 50.3 Å². The van der Waals surface area contributed by atoms with Gasteiger partial charge in [-0.25, -0.2) is 4.39 Å². The molecule has 8 heteroatoms. The molecule has 2 N–H and O–H groups in total. The maximum atomic E-state index is 13.4. The molecule has 1 saturated heterocycles. The number of benzene rings is 1. The van der Waals surface area contributed by atoms with Crippen molar-refractivity contribution >= 4 is 41.6 Å². The topological polar surface area (TPSA) is 66.0 Å². The molecule has 1 fully saturated rings. The van der Waals surface area contributed by atoms with Gasteiger partial charge >= 0.3 is 5.97 Å². The number of hydrogen-bond acceptors (Lipinski definition) is 4. The molecule has 0 aliphatic carbocycles. The molecule has 1 aliphatic heterocycles. The number of nitrogens with one attached hydrogen (secondary N) is 2. The number of nitrogens with zero attached hydrogens (tertiary/aromatic N) is 2. The van der Waals surface area contributed by atoms with Crippen LogP contribution in [0.5, 0.6) is 0 Å². The van der Waals surface area contributed by atoms with Gasteiger partial charge in [-0.1, -0.05) is 6.07 Å². The molecule has 1 aromatic carbocycles. The van der Waals surface area contributed by atoms with Crippen molar-refractivity contribution in [3.8, 4) is 0 Å². The number of ether oxygens (including phenoxy) is 1. The molecule has 1 aliphatic rings. The molecule has 0 saturated carbocycles. The number of halogens is 2. The van der Waals surface area contributed by atoms with Crippen molar-refractivity contribution in [2.45, 2.75) is 45.3 Å². The van der Waals surface area contributed by atoms with Gasteiger partial charge in [-0.2, -0.15) is 0 Å². The maximum Gasteiger partial charge on any atom is 0.325 e. The van der Waals surface area contributed by atoms with Crippen LogP contribution in [0, 0.1) is 5.82 Å². The fraction of sp³-hybridized carbons (Fsp3) is 0.579. The first-order valence-electron chi connectivity index (χ1n) is 8.96. The average molecular weight is 492 g/mol. The Hall–Kier alpha value is -1.58. The Kier molecular flexibility index (Phi) is 9.28. The number of aliphatic imine (C=N–C) groups is 1. The third-order valence-corrected chi connectivity index (χ3v) is 4.05. The highest BCUT2D eigenvalue weighted by molar-refractivity contribution is 14.0. The minimum absolute atomic E-state index is 0. The normalized spacial score (nSPS) is 15.7. The van der Waals surface area contributed by atoms with Gasteiger partial charge in [0.1, 0.15) is 18.0 Å². The van der Waals surface area contributed by atoms with Crippen molar-refractivity contribution in [1.29, 1.82) is 0 Å². The predicted molar refractivity (Wildman–Crippen MR) is 117 cm³/mol. The third-order valence-electron chi connectivity index (χ3n) is 4.05. The highest BCUT2D eigenvalue weighted by atomic mass is 127. The molecule has 0 aromatic heterocycles. The Morgan fingerprint density at radius 3 is 2.56 bits per heavy atom. The predicted octanol–water partition coefficient (Wildman–Crippen LogP) is 2.92. The second kappa shape index (κ2) is 10.7. The van der Waals surface area contributed by atoms with Crippen molar-refractivity contribution in [1.82, 2.24) is 10.6 Å². The quantitative estimate of drug-likeness (QED) is 0.293. The van der Waals surface area contributed by atoms with Crippen molar-refractivity contribution in [2.75, 3.05) is 31.6 Å². The fourth-order valence-electron chi connectivity index (χ4n) is 2.88. The van der Waals surface area contributed by atoms with Crippen LogP contribution < -0.4 is 15.5 Å². The van der Waals surface area contributed by atoms with Crippen LogP contribution in [0.3, 0.4) is 0 Å². The van der Waals surface area contributed by atoms with Crippen LogP contribution in [0.4, 0.5) is 10.1 Å². The highest BCUT2D eigenvalue weighted by Crippen LogP contribution is 2.20. The van der Waals surface area contributed by atoms with Crippen LogP contribution >= 0.6 is 24.0 Å². The van der Waals surface area contributed by atoms with E-state index < -0.39 is 5.60 Å². The second-order valence-electron chi connectivity index (χ2n) is 7.40. The van der Waals surface area contributed by atoms with Gasteiger partial charge in [-0.3, -0.25) is 9.79 Å². The van der Waals surface area contributed by atoms with Crippen LogP contribution in [-0.2, 0) is 9.53 Å². The molecule has 152 valence electrons. The number of piperidine rings is 1. The monoisotopic (exact) mass is 492 g/mol. The Morgan fingerprint density at radius 1 is 1.33 bits per heavy atom. The summed E-state index contributed by atoms with van der Waals surface area (Å²) in [6, 6.07) is 6.94. The summed E-state index contributed by atoms with van der Waals surface area (Å²) in [6.45, 7) is 7.26. The van der Waals surface area contributed by atoms with Gasteiger partial charge in [0.25, 0.3) is 0 Å². The van der Waals surface area contributed by atoms with Crippen molar-refractivity contribution in [2.24, 2.45) is 4.99 Å². The SMILES string of the molecule is CN=C(NCC(=O)OC(C)(C)C)NC1CCN(c2cccc(F)c2)CC1.I. The van der Waals surface area contributed by atoms with Crippen molar-refractivity contribution in [3.63, 3.8) is 0 Å². The van der Waals surface area contributed by atoms with E-state index in [1.54, 1.807) is 19.2 Å². The van der Waals surface area contributed by atoms with E-state index in [9.17, 15) is 9.18 Å². The number of guanidine groups is 1. The van der Waals surface area contributed by atoms with Crippen LogP contribution in [0.15, 0.2) is 29.3 Å². The Balaban J connectivity index is 0.00000364. The molecule has 0 bridgehead atoms. The zero-order chi connectivity index (χ0) is 19.2. The van der Waals surface area contributed by atoms with E-state index in [-0.39, 0.29) is 48.3 Å². The lowest BCUT2D eigenvalue weighted by Crippen LogP contribution is -2.50. The molecule has 1 aromatic rings. The Labute approximate surface area is 178 Å². The van der Waals surface area contributed by atoms with Gasteiger partial charge in [0.15, 0.2) is 5.96 Å². The van der Waals surface area contributed by atoms with Crippen LogP contribution in [0.2, 0.25) is 0 Å². The molecule has 0 spiro atoms. The molecule has 0 atom stereocenters. The van der Waals surface area contributed by atoms with Gasteiger partial charge in [-0.05, 0) is 51.8 Å². The lowest BCUT2D eigenvalue weighted by Gasteiger charge is -2.34. The summed E-state index contributed by atoms with van der Waals surface area (Å²) in [4.78, 5) is 18.1. The first kappa shape index (κ1) is 23.5. The molecule has 27 heavy (non-hydrogen) atoms. The zero-order valence-electron chi connectivity index (χ0n) is 16.4. The average Bonchev–Trinajstić information content (AvgIpc) is 2.57. The fourth-order valence-corrected chi connectivity index (χ4v) is 2.88. The van der Waals surface area contributed by atoms with E-state index in [2.05, 4.69) is 20.5 Å². The minimum Gasteiger partial charge on any atom is -0.459 e. The molecule has 6 nitrogen and oxygen atoms in total. The molecule has 2 rings (SSSR count). The maximum absolute atomic E-state index is 13.4. The third kappa shape index (κ3) is 8.32. The first-order chi connectivity index (χ1) is 12.3. The zero-order valence-corrected chi connectivity index (χ0v) is 18.7. The number of rotatable bonds is 4. The van der Waals surface area contributed by atoms with Gasteiger partial charge in [0.05, 0.1) is 0 Å². The van der Waals surface area contributed by atoms with Crippen LogP contribution in [0.25, 0.3) is 0 Å². The summed E-state index contributed by atoms with van der Waals surface area (Å²) in [7, 11) is 1.67. The van der Waals surface area contributed by atoms with Gasteiger partial charge < -0.3 is 20.3 Å². The van der Waals surface area contributed by atoms with Gasteiger partial charge in [0, 0.05) is 31.9 Å². The van der Waals surface area contributed by atoms with Gasteiger partial charge in [0.2, 0.25) is 0 Å². The van der Waals surface area contributed by atoms with E-state index in [0.717, 1.165) is 31.6 Å². The number of hydrogen-bond donors (Lipinski definition) is 2. The largest absolute Gasteiger partial charge is 0.459 e. The van der Waals surface area contributed by atoms with Crippen LogP contribution in [0.1, 0.15) is 33.6 Å². The summed E-state index contributed by atoms with van der Waals surface area (Å²) in [5, 5.41) is 6.33. The Morgan fingerprint density at radius 2 is 2.00 bits per heavy atom. The van der Waals surface area contributed by atoms with Crippen molar-refractivity contribution < 1.29 is 13.9 Å². The smallest absolute Gasteiger partial charge is 0.325 e. The molecule has 0 amide bonds. The molecular weight excluding hydrogens is 462 g/mol. The highest BCUT2D eigenvalue weighted by Gasteiger charge is 2.21. The van der Waals surface area contributed by atoms with E-state index in [1.807, 2.05) is 26.8 Å².